The van der Waals surface area contributed by atoms with Crippen LogP contribution in [-0.2, 0) is 6.42 Å². The smallest absolute Gasteiger partial charge is 0.0841 e. The minimum absolute atomic E-state index is 0.470. The van der Waals surface area contributed by atoms with Gasteiger partial charge in [-0.05, 0) is 30.5 Å². The molecule has 1 atom stereocenters. The summed E-state index contributed by atoms with van der Waals surface area (Å²) in [5, 5.41) is 10.3. The molecular weight excluding hydrogens is 288 g/mol. The number of aliphatic hydroxyl groups is 1. The van der Waals surface area contributed by atoms with Crippen LogP contribution in [-0.4, -0.2) is 5.11 Å². The molecule has 1 N–H and O–H groups in total. The van der Waals surface area contributed by atoms with Gasteiger partial charge in [-0.15, -0.1) is 0 Å². The summed E-state index contributed by atoms with van der Waals surface area (Å²) in [4.78, 5) is 0. The minimum atomic E-state index is -0.470. The van der Waals surface area contributed by atoms with Gasteiger partial charge in [-0.3, -0.25) is 0 Å². The van der Waals surface area contributed by atoms with E-state index >= 15 is 0 Å². The Bertz CT molecular complexity index is 531. The van der Waals surface area contributed by atoms with E-state index in [2.05, 4.69) is 47.1 Å². The van der Waals surface area contributed by atoms with Gasteiger partial charge >= 0.3 is 0 Å². The molecular formula is C16H17BrO. The van der Waals surface area contributed by atoms with E-state index in [1.54, 1.807) is 0 Å². The Morgan fingerprint density at radius 3 is 2.39 bits per heavy atom. The van der Waals surface area contributed by atoms with Crippen molar-refractivity contribution in [3.05, 3.63) is 69.2 Å². The van der Waals surface area contributed by atoms with Gasteiger partial charge in [0.15, 0.2) is 0 Å². The maximum Gasteiger partial charge on any atom is 0.0841 e. The molecule has 94 valence electrons. The van der Waals surface area contributed by atoms with E-state index in [1.807, 2.05) is 25.1 Å². The fourth-order valence-electron chi connectivity index (χ4n) is 1.98. The van der Waals surface area contributed by atoms with Crippen molar-refractivity contribution in [2.75, 3.05) is 0 Å². The second-order valence-electron chi connectivity index (χ2n) is 4.68. The first-order chi connectivity index (χ1) is 8.58. The molecule has 0 fully saturated rings. The van der Waals surface area contributed by atoms with Gasteiger partial charge in [0.25, 0.3) is 0 Å². The maximum absolute atomic E-state index is 10.3. The highest BCUT2D eigenvalue weighted by Gasteiger charge is 2.12. The molecule has 0 saturated heterocycles. The molecule has 0 aliphatic heterocycles. The Balaban J connectivity index is 2.19. The predicted molar refractivity (Wildman–Crippen MR) is 78.7 cm³/mol. The first-order valence-corrected chi connectivity index (χ1v) is 6.86. The second-order valence-corrected chi connectivity index (χ2v) is 5.48. The Labute approximate surface area is 117 Å². The van der Waals surface area contributed by atoms with Crippen molar-refractivity contribution in [3.63, 3.8) is 0 Å². The molecule has 0 spiro atoms. The molecule has 0 saturated carbocycles. The van der Waals surface area contributed by atoms with Crippen LogP contribution >= 0.6 is 15.9 Å². The lowest BCUT2D eigenvalue weighted by Crippen LogP contribution is -2.03. The lowest BCUT2D eigenvalue weighted by atomic mass is 9.99. The zero-order valence-corrected chi connectivity index (χ0v) is 12.2. The number of hydrogen-bond acceptors (Lipinski definition) is 1. The molecule has 0 heterocycles. The number of benzene rings is 2. The largest absolute Gasteiger partial charge is 0.388 e. The van der Waals surface area contributed by atoms with Crippen molar-refractivity contribution >= 4 is 15.9 Å². The lowest BCUT2D eigenvalue weighted by Gasteiger charge is -2.14. The molecule has 0 radical (unpaired) electrons. The van der Waals surface area contributed by atoms with Crippen LogP contribution in [0.3, 0.4) is 0 Å². The third-order valence-electron chi connectivity index (χ3n) is 3.13. The molecule has 0 aromatic heterocycles. The fraction of sp³-hybridized carbons (Fsp3) is 0.250. The first kappa shape index (κ1) is 13.3. The Morgan fingerprint density at radius 1 is 1.06 bits per heavy atom. The molecule has 2 heteroatoms. The normalized spacial score (nSPS) is 12.4. The van der Waals surface area contributed by atoms with Gasteiger partial charge in [-0.25, -0.2) is 0 Å². The second kappa shape index (κ2) is 5.68. The zero-order chi connectivity index (χ0) is 13.1. The van der Waals surface area contributed by atoms with Crippen molar-refractivity contribution in [3.8, 4) is 0 Å². The summed E-state index contributed by atoms with van der Waals surface area (Å²) in [6.45, 7) is 4.10. The van der Waals surface area contributed by atoms with Gasteiger partial charge in [0.2, 0.25) is 0 Å². The number of rotatable bonds is 3. The van der Waals surface area contributed by atoms with Crippen LogP contribution in [0.2, 0.25) is 0 Å². The van der Waals surface area contributed by atoms with Gasteiger partial charge in [0, 0.05) is 10.9 Å². The Morgan fingerprint density at radius 2 is 1.72 bits per heavy atom. The van der Waals surface area contributed by atoms with Crippen LogP contribution < -0.4 is 0 Å². The molecule has 0 aliphatic rings. The molecule has 0 aliphatic carbocycles. The molecule has 18 heavy (non-hydrogen) atoms. The van der Waals surface area contributed by atoms with Crippen LogP contribution in [0.1, 0.15) is 28.4 Å². The number of halogens is 1. The topological polar surface area (TPSA) is 20.2 Å². The third-order valence-corrected chi connectivity index (χ3v) is 4.21. The molecule has 1 unspecified atom stereocenters. The summed E-state index contributed by atoms with van der Waals surface area (Å²) in [6, 6.07) is 14.3. The third kappa shape index (κ3) is 3.01. The quantitative estimate of drug-likeness (QED) is 0.894. The van der Waals surface area contributed by atoms with E-state index in [-0.39, 0.29) is 0 Å². The summed E-state index contributed by atoms with van der Waals surface area (Å²) in [7, 11) is 0. The molecule has 0 bridgehead atoms. The van der Waals surface area contributed by atoms with Crippen molar-refractivity contribution in [1.82, 2.24) is 0 Å². The highest BCUT2D eigenvalue weighted by atomic mass is 79.9. The van der Waals surface area contributed by atoms with Crippen LogP contribution in [0.5, 0.6) is 0 Å². The Kier molecular flexibility index (Phi) is 4.20. The van der Waals surface area contributed by atoms with Crippen LogP contribution in [0, 0.1) is 13.8 Å². The fourth-order valence-corrected chi connectivity index (χ4v) is 2.51. The molecule has 2 rings (SSSR count). The van der Waals surface area contributed by atoms with Gasteiger partial charge in [0.05, 0.1) is 6.10 Å². The SMILES string of the molecule is Cc1ccc(CC(O)c2cccc(C)c2Br)cc1. The monoisotopic (exact) mass is 304 g/mol. The highest BCUT2D eigenvalue weighted by Crippen LogP contribution is 2.28. The number of aryl methyl sites for hydroxylation is 2. The standard InChI is InChI=1S/C16H17BrO/c1-11-6-8-13(9-7-11)10-15(18)14-5-3-4-12(2)16(14)17/h3-9,15,18H,10H2,1-2H3. The van der Waals surface area contributed by atoms with Crippen molar-refractivity contribution in [2.24, 2.45) is 0 Å². The van der Waals surface area contributed by atoms with Crippen molar-refractivity contribution in [1.29, 1.82) is 0 Å². The van der Waals surface area contributed by atoms with E-state index in [0.29, 0.717) is 6.42 Å². The lowest BCUT2D eigenvalue weighted by molar-refractivity contribution is 0.177. The van der Waals surface area contributed by atoms with E-state index in [1.165, 1.54) is 5.56 Å². The number of hydrogen-bond donors (Lipinski definition) is 1. The summed E-state index contributed by atoms with van der Waals surface area (Å²) in [5.74, 6) is 0. The first-order valence-electron chi connectivity index (χ1n) is 6.06. The molecule has 2 aromatic carbocycles. The zero-order valence-electron chi connectivity index (χ0n) is 10.7. The van der Waals surface area contributed by atoms with Crippen molar-refractivity contribution < 1.29 is 5.11 Å². The highest BCUT2D eigenvalue weighted by molar-refractivity contribution is 9.10. The van der Waals surface area contributed by atoms with Crippen LogP contribution in [0.25, 0.3) is 0 Å². The van der Waals surface area contributed by atoms with E-state index in [9.17, 15) is 5.11 Å². The summed E-state index contributed by atoms with van der Waals surface area (Å²) in [6.07, 6.45) is 0.171. The average Bonchev–Trinajstić information content (AvgIpc) is 2.35. The van der Waals surface area contributed by atoms with Gasteiger partial charge in [-0.2, -0.15) is 0 Å². The maximum atomic E-state index is 10.3. The Hall–Kier alpha value is -1.12. The summed E-state index contributed by atoms with van der Waals surface area (Å²) in [5.41, 5.74) is 4.50. The summed E-state index contributed by atoms with van der Waals surface area (Å²) < 4.78 is 1.00. The van der Waals surface area contributed by atoms with Crippen molar-refractivity contribution in [2.45, 2.75) is 26.4 Å². The van der Waals surface area contributed by atoms with E-state index in [0.717, 1.165) is 21.2 Å². The molecule has 2 aromatic rings. The van der Waals surface area contributed by atoms with Gasteiger partial charge < -0.3 is 5.11 Å². The predicted octanol–water partition coefficient (Wildman–Crippen LogP) is 4.34. The van der Waals surface area contributed by atoms with E-state index < -0.39 is 6.10 Å². The van der Waals surface area contributed by atoms with Crippen LogP contribution in [0.4, 0.5) is 0 Å². The van der Waals surface area contributed by atoms with Gasteiger partial charge in [0.1, 0.15) is 0 Å². The van der Waals surface area contributed by atoms with Gasteiger partial charge in [-0.1, -0.05) is 64.0 Å². The molecule has 0 amide bonds. The number of aliphatic hydroxyl groups excluding tert-OH is 1. The average molecular weight is 305 g/mol. The van der Waals surface area contributed by atoms with E-state index in [4.69, 9.17) is 0 Å². The summed E-state index contributed by atoms with van der Waals surface area (Å²) >= 11 is 3.55. The molecule has 1 nitrogen and oxygen atoms in total. The minimum Gasteiger partial charge on any atom is -0.388 e. The van der Waals surface area contributed by atoms with Crippen LogP contribution in [0.15, 0.2) is 46.9 Å².